The zero-order valence-corrected chi connectivity index (χ0v) is 15.9. The minimum absolute atomic E-state index is 0.384. The average molecular weight is 354 g/mol. The van der Waals surface area contributed by atoms with E-state index in [1.165, 1.54) is 12.1 Å². The van der Waals surface area contributed by atoms with Crippen LogP contribution in [-0.2, 0) is 9.53 Å². The molecule has 0 saturated carbocycles. The third kappa shape index (κ3) is 3.29. The number of fused-ring (bicyclic) bond motifs is 2. The fourth-order valence-electron chi connectivity index (χ4n) is 3.02. The molecule has 3 rings (SSSR count). The van der Waals surface area contributed by atoms with Crippen molar-refractivity contribution in [2.75, 3.05) is 0 Å². The fourth-order valence-corrected chi connectivity index (χ4v) is 3.02. The molecule has 0 aliphatic rings. The molecule has 0 aliphatic heterocycles. The Morgan fingerprint density at radius 1 is 1.04 bits per heavy atom. The van der Waals surface area contributed by atoms with Gasteiger partial charge in [-0.1, -0.05) is 0 Å². The smallest absolute Gasteiger partial charge is 0.336 e. The molecule has 0 N–H and O–H groups in total. The summed E-state index contributed by atoms with van der Waals surface area (Å²) in [4.78, 5) is 23.7. The van der Waals surface area contributed by atoms with Gasteiger partial charge in [-0.2, -0.15) is 0 Å². The van der Waals surface area contributed by atoms with Crippen molar-refractivity contribution >= 4 is 34.0 Å². The largest absolute Gasteiger partial charge is 0.460 e. The van der Waals surface area contributed by atoms with Gasteiger partial charge in [0.25, 0.3) is 0 Å². The lowest BCUT2D eigenvalue weighted by atomic mass is 10.0. The van der Waals surface area contributed by atoms with Crippen molar-refractivity contribution < 1.29 is 18.4 Å². The Morgan fingerprint density at radius 2 is 1.69 bits per heavy atom. The average Bonchev–Trinajstić information content (AvgIpc) is 2.81. The van der Waals surface area contributed by atoms with E-state index in [0.29, 0.717) is 16.9 Å². The molecule has 0 radical (unpaired) electrons. The van der Waals surface area contributed by atoms with Crippen molar-refractivity contribution in [3.05, 3.63) is 51.1 Å². The van der Waals surface area contributed by atoms with E-state index in [0.717, 1.165) is 27.5 Å². The Morgan fingerprint density at radius 3 is 2.35 bits per heavy atom. The Kier molecular flexibility index (Phi) is 4.26. The van der Waals surface area contributed by atoms with Crippen LogP contribution in [0.4, 0.5) is 0 Å². The third-order valence-electron chi connectivity index (χ3n) is 4.14. The maximum atomic E-state index is 12.0. The van der Waals surface area contributed by atoms with Crippen LogP contribution in [0.15, 0.2) is 31.8 Å². The molecule has 0 fully saturated rings. The molecule has 0 unspecified atom stereocenters. The number of rotatable bonds is 2. The van der Waals surface area contributed by atoms with Gasteiger partial charge >= 0.3 is 11.6 Å². The molecule has 0 bridgehead atoms. The van der Waals surface area contributed by atoms with Gasteiger partial charge in [0.2, 0.25) is 0 Å². The van der Waals surface area contributed by atoms with E-state index in [4.69, 9.17) is 13.6 Å². The second-order valence-corrected chi connectivity index (χ2v) is 7.44. The van der Waals surface area contributed by atoms with Crippen molar-refractivity contribution in [2.24, 2.45) is 0 Å². The van der Waals surface area contributed by atoms with Gasteiger partial charge in [-0.05, 0) is 59.2 Å². The van der Waals surface area contributed by atoms with Gasteiger partial charge in [0.1, 0.15) is 22.5 Å². The van der Waals surface area contributed by atoms with E-state index in [1.807, 2.05) is 47.6 Å². The molecule has 0 atom stereocenters. The topological polar surface area (TPSA) is 69.7 Å². The number of hydrogen-bond acceptors (Lipinski definition) is 5. The summed E-state index contributed by atoms with van der Waals surface area (Å²) in [7, 11) is 0. The minimum atomic E-state index is -0.545. The molecule has 5 heteroatoms. The molecule has 2 heterocycles. The Hall–Kier alpha value is -2.82. The zero-order chi connectivity index (χ0) is 19.2. The Bertz CT molecular complexity index is 1100. The summed E-state index contributed by atoms with van der Waals surface area (Å²) in [6.07, 6.45) is 3.11. The number of carbonyl (C=O) groups is 1. The van der Waals surface area contributed by atoms with E-state index >= 15 is 0 Å². The van der Waals surface area contributed by atoms with Crippen molar-refractivity contribution in [1.29, 1.82) is 0 Å². The SMILES string of the molecule is Cc1oc2c(C)c3oc(=O)cc(C)c3cc2c1/C=C/C(=O)OC(C)(C)C. The van der Waals surface area contributed by atoms with Gasteiger partial charge in [-0.3, -0.25) is 0 Å². The van der Waals surface area contributed by atoms with Gasteiger partial charge in [0.05, 0.1) is 0 Å². The molecule has 5 nitrogen and oxygen atoms in total. The van der Waals surface area contributed by atoms with E-state index < -0.39 is 11.6 Å². The lowest BCUT2D eigenvalue weighted by Gasteiger charge is -2.17. The first kappa shape index (κ1) is 18.0. The zero-order valence-electron chi connectivity index (χ0n) is 15.9. The van der Waals surface area contributed by atoms with Gasteiger partial charge in [0.15, 0.2) is 0 Å². The summed E-state index contributed by atoms with van der Waals surface area (Å²) in [5.41, 5.74) is 2.65. The summed E-state index contributed by atoms with van der Waals surface area (Å²) >= 11 is 0. The Balaban J connectivity index is 2.17. The third-order valence-corrected chi connectivity index (χ3v) is 4.14. The summed E-state index contributed by atoms with van der Waals surface area (Å²) in [6, 6.07) is 3.40. The monoisotopic (exact) mass is 354 g/mol. The number of hydrogen-bond donors (Lipinski definition) is 0. The second-order valence-electron chi connectivity index (χ2n) is 7.44. The summed E-state index contributed by atoms with van der Waals surface area (Å²) in [5.74, 6) is 0.268. The predicted octanol–water partition coefficient (Wildman–Crippen LogP) is 4.82. The van der Waals surface area contributed by atoms with Crippen molar-refractivity contribution in [3.63, 3.8) is 0 Å². The van der Waals surface area contributed by atoms with E-state index in [1.54, 1.807) is 6.08 Å². The highest BCUT2D eigenvalue weighted by Gasteiger charge is 2.18. The molecule has 0 aliphatic carbocycles. The molecule has 136 valence electrons. The number of esters is 1. The summed E-state index contributed by atoms with van der Waals surface area (Å²) < 4.78 is 16.6. The molecular weight excluding hydrogens is 332 g/mol. The van der Waals surface area contributed by atoms with Crippen LogP contribution >= 0.6 is 0 Å². The van der Waals surface area contributed by atoms with E-state index in [-0.39, 0.29) is 5.63 Å². The highest BCUT2D eigenvalue weighted by molar-refractivity contribution is 6.03. The lowest BCUT2D eigenvalue weighted by Crippen LogP contribution is -2.22. The maximum Gasteiger partial charge on any atom is 0.336 e. The van der Waals surface area contributed by atoms with Gasteiger partial charge in [-0.15, -0.1) is 0 Å². The molecule has 0 amide bonds. The predicted molar refractivity (Wildman–Crippen MR) is 101 cm³/mol. The number of carbonyl (C=O) groups excluding carboxylic acids is 1. The van der Waals surface area contributed by atoms with Crippen LogP contribution < -0.4 is 5.63 Å². The standard InChI is InChI=1S/C21H22O5/c1-11-9-18(23)25-19-12(2)20-16(10-15(11)19)14(13(3)24-20)7-8-17(22)26-21(4,5)6/h7-10H,1-6H3/b8-7+. The lowest BCUT2D eigenvalue weighted by molar-refractivity contribution is -0.148. The van der Waals surface area contributed by atoms with Crippen LogP contribution in [0, 0.1) is 20.8 Å². The van der Waals surface area contributed by atoms with Crippen molar-refractivity contribution in [2.45, 2.75) is 47.1 Å². The first-order chi connectivity index (χ1) is 12.1. The van der Waals surface area contributed by atoms with Crippen LogP contribution in [0.1, 0.15) is 43.2 Å². The number of furan rings is 1. The highest BCUT2D eigenvalue weighted by atomic mass is 16.6. The van der Waals surface area contributed by atoms with Gasteiger partial charge in [-0.25, -0.2) is 9.59 Å². The summed E-state index contributed by atoms with van der Waals surface area (Å²) in [6.45, 7) is 11.0. The Labute approximate surface area is 151 Å². The number of ether oxygens (including phenoxy) is 1. The van der Waals surface area contributed by atoms with Gasteiger partial charge < -0.3 is 13.6 Å². The highest BCUT2D eigenvalue weighted by Crippen LogP contribution is 2.34. The molecule has 0 saturated heterocycles. The fraction of sp³-hybridized carbons (Fsp3) is 0.333. The van der Waals surface area contributed by atoms with Crippen LogP contribution in [0.2, 0.25) is 0 Å². The molecule has 3 aromatic rings. The molecule has 26 heavy (non-hydrogen) atoms. The molecule has 0 spiro atoms. The van der Waals surface area contributed by atoms with Crippen molar-refractivity contribution in [3.8, 4) is 0 Å². The van der Waals surface area contributed by atoms with Crippen LogP contribution in [0.3, 0.4) is 0 Å². The first-order valence-corrected chi connectivity index (χ1v) is 8.45. The maximum absolute atomic E-state index is 12.0. The van der Waals surface area contributed by atoms with Gasteiger partial charge in [0, 0.05) is 34.0 Å². The molecule has 1 aromatic carbocycles. The second kappa shape index (κ2) is 6.16. The minimum Gasteiger partial charge on any atom is -0.460 e. The molecule has 2 aromatic heterocycles. The van der Waals surface area contributed by atoms with Crippen LogP contribution in [-0.4, -0.2) is 11.6 Å². The normalized spacial score (nSPS) is 12.4. The van der Waals surface area contributed by atoms with E-state index in [9.17, 15) is 9.59 Å². The first-order valence-electron chi connectivity index (χ1n) is 8.45. The van der Waals surface area contributed by atoms with Crippen molar-refractivity contribution in [1.82, 2.24) is 0 Å². The number of benzene rings is 1. The quantitative estimate of drug-likeness (QED) is 0.375. The number of aryl methyl sites for hydroxylation is 3. The summed E-state index contributed by atoms with van der Waals surface area (Å²) in [5, 5.41) is 1.71. The van der Waals surface area contributed by atoms with Crippen LogP contribution in [0.5, 0.6) is 0 Å². The van der Waals surface area contributed by atoms with E-state index in [2.05, 4.69) is 0 Å². The van der Waals surface area contributed by atoms with Crippen LogP contribution in [0.25, 0.3) is 28.0 Å². The molecular formula is C21H22O5.